The fourth-order valence-electron chi connectivity index (χ4n) is 2.72. The molecule has 0 radical (unpaired) electrons. The van der Waals surface area contributed by atoms with Gasteiger partial charge in [-0.1, -0.05) is 73.8 Å². The minimum atomic E-state index is 0.384. The van der Waals surface area contributed by atoms with Gasteiger partial charge in [0.15, 0.2) is 0 Å². The molecule has 0 amide bonds. The summed E-state index contributed by atoms with van der Waals surface area (Å²) >= 11 is 0. The molecule has 0 heterocycles. The molecular weight excluding hydrogens is 328 g/mol. The van der Waals surface area contributed by atoms with Crippen LogP contribution < -0.4 is 0 Å². The lowest BCUT2D eigenvalue weighted by Crippen LogP contribution is -1.91. The first-order chi connectivity index (χ1) is 13.0. The molecule has 2 aromatic carbocycles. The number of hydrogen-bond acceptors (Lipinski definition) is 2. The fraction of sp³-hybridized carbons (Fsp3) is 0.120. The zero-order valence-electron chi connectivity index (χ0n) is 15.6. The minimum absolute atomic E-state index is 0.384. The van der Waals surface area contributed by atoms with Crippen LogP contribution >= 0.6 is 0 Å². The highest BCUT2D eigenvalue weighted by Crippen LogP contribution is 2.21. The molecule has 0 fully saturated rings. The lowest BCUT2D eigenvalue weighted by Gasteiger charge is -2.08. The van der Waals surface area contributed by atoms with Gasteiger partial charge in [-0.15, -0.1) is 0 Å². The fourth-order valence-corrected chi connectivity index (χ4v) is 2.72. The predicted octanol–water partition coefficient (Wildman–Crippen LogP) is 6.24. The Morgan fingerprint density at radius 1 is 0.963 bits per heavy atom. The summed E-state index contributed by atoms with van der Waals surface area (Å²) in [5.41, 5.74) is 6.80. The summed E-state index contributed by atoms with van der Waals surface area (Å²) in [6, 6.07) is 20.7. The lowest BCUT2D eigenvalue weighted by atomic mass is 9.97. The van der Waals surface area contributed by atoms with E-state index in [2.05, 4.69) is 49.6 Å². The molecule has 0 N–H and O–H groups in total. The van der Waals surface area contributed by atoms with Crippen LogP contribution in [0.1, 0.15) is 35.6 Å². The third-order valence-electron chi connectivity index (χ3n) is 4.10. The van der Waals surface area contributed by atoms with Gasteiger partial charge < -0.3 is 0 Å². The highest BCUT2D eigenvalue weighted by atomic mass is 14.2. The van der Waals surface area contributed by atoms with E-state index >= 15 is 0 Å². The Morgan fingerprint density at radius 2 is 1.56 bits per heavy atom. The Labute approximate surface area is 161 Å². The maximum atomic E-state index is 8.93. The summed E-state index contributed by atoms with van der Waals surface area (Å²) < 4.78 is 0. The van der Waals surface area contributed by atoms with Crippen LogP contribution in [0.5, 0.6) is 0 Å². The zero-order chi connectivity index (χ0) is 19.6. The first-order valence-corrected chi connectivity index (χ1v) is 8.72. The molecular formula is C25H22N2. The number of allylic oxidation sites excluding steroid dienone is 6. The molecule has 0 saturated heterocycles. The standard InChI is InChI=1S/C25H22N2/c1-19(18-27)14-21(3)25-12-7-10-23(17-25)15-22-9-6-11-24(16-22)20(2)8-4-5-13-26/h4,6-12,14,16-17H,2-3,5,15H2,1H3/b8-4-,19-14+. The van der Waals surface area contributed by atoms with Crippen molar-refractivity contribution in [1.82, 2.24) is 0 Å². The maximum absolute atomic E-state index is 8.93. The van der Waals surface area contributed by atoms with Crippen molar-refractivity contribution in [2.24, 2.45) is 0 Å². The lowest BCUT2D eigenvalue weighted by molar-refractivity contribution is 1.19. The number of nitriles is 2. The summed E-state index contributed by atoms with van der Waals surface area (Å²) in [6.45, 7) is 9.92. The zero-order valence-corrected chi connectivity index (χ0v) is 15.6. The van der Waals surface area contributed by atoms with E-state index in [1.165, 1.54) is 11.1 Å². The van der Waals surface area contributed by atoms with Crippen LogP contribution in [-0.4, -0.2) is 0 Å². The van der Waals surface area contributed by atoms with Crippen LogP contribution in [0.15, 0.2) is 85.5 Å². The molecule has 0 unspecified atom stereocenters. The van der Waals surface area contributed by atoms with Gasteiger partial charge in [0.2, 0.25) is 0 Å². The number of rotatable bonds is 7. The highest BCUT2D eigenvalue weighted by Gasteiger charge is 2.03. The summed E-state index contributed by atoms with van der Waals surface area (Å²) in [6.07, 6.45) is 6.69. The van der Waals surface area contributed by atoms with Crippen LogP contribution in [-0.2, 0) is 6.42 Å². The quantitative estimate of drug-likeness (QED) is 0.438. The SMILES string of the molecule is C=C(/C=C\CC#N)c1cccc(Cc2cccc(C(=C)/C=C(\C)C#N)c2)c1. The van der Waals surface area contributed by atoms with Gasteiger partial charge in [0.1, 0.15) is 0 Å². The first kappa shape index (κ1) is 19.7. The number of hydrogen-bond donors (Lipinski definition) is 0. The van der Waals surface area contributed by atoms with Crippen molar-refractivity contribution in [3.8, 4) is 12.1 Å². The van der Waals surface area contributed by atoms with Gasteiger partial charge in [0.05, 0.1) is 18.6 Å². The summed E-state index contributed by atoms with van der Waals surface area (Å²) in [7, 11) is 0. The van der Waals surface area contributed by atoms with Crippen molar-refractivity contribution in [3.63, 3.8) is 0 Å². The Kier molecular flexibility index (Phi) is 7.12. The van der Waals surface area contributed by atoms with Crippen LogP contribution in [0.3, 0.4) is 0 Å². The molecule has 2 rings (SSSR count). The van der Waals surface area contributed by atoms with E-state index < -0.39 is 0 Å². The van der Waals surface area contributed by atoms with Crippen LogP contribution in [0, 0.1) is 22.7 Å². The molecule has 0 atom stereocenters. The van der Waals surface area contributed by atoms with E-state index in [4.69, 9.17) is 10.5 Å². The molecule has 2 aromatic rings. The van der Waals surface area contributed by atoms with Crippen molar-refractivity contribution >= 4 is 11.1 Å². The largest absolute Gasteiger partial charge is 0.198 e. The van der Waals surface area contributed by atoms with E-state index in [0.29, 0.717) is 12.0 Å². The van der Waals surface area contributed by atoms with E-state index in [9.17, 15) is 0 Å². The maximum Gasteiger partial charge on any atom is 0.0944 e. The second-order valence-corrected chi connectivity index (χ2v) is 6.33. The number of benzene rings is 2. The smallest absolute Gasteiger partial charge is 0.0944 e. The van der Waals surface area contributed by atoms with E-state index in [1.54, 1.807) is 13.0 Å². The van der Waals surface area contributed by atoms with Crippen LogP contribution in [0.25, 0.3) is 11.1 Å². The summed E-state index contributed by atoms with van der Waals surface area (Å²) in [4.78, 5) is 0. The van der Waals surface area contributed by atoms with Crippen molar-refractivity contribution in [3.05, 3.63) is 108 Å². The van der Waals surface area contributed by atoms with Gasteiger partial charge >= 0.3 is 0 Å². The van der Waals surface area contributed by atoms with E-state index in [0.717, 1.165) is 28.7 Å². The molecule has 27 heavy (non-hydrogen) atoms. The van der Waals surface area contributed by atoms with Crippen molar-refractivity contribution in [1.29, 1.82) is 10.5 Å². The second-order valence-electron chi connectivity index (χ2n) is 6.33. The van der Waals surface area contributed by atoms with E-state index in [-0.39, 0.29) is 0 Å². The Morgan fingerprint density at radius 3 is 2.11 bits per heavy atom. The molecule has 132 valence electrons. The van der Waals surface area contributed by atoms with Gasteiger partial charge in [0.25, 0.3) is 0 Å². The van der Waals surface area contributed by atoms with Gasteiger partial charge in [-0.3, -0.25) is 0 Å². The van der Waals surface area contributed by atoms with Crippen molar-refractivity contribution in [2.45, 2.75) is 19.8 Å². The van der Waals surface area contributed by atoms with Gasteiger partial charge in [-0.05, 0) is 52.8 Å². The molecule has 0 bridgehead atoms. The van der Waals surface area contributed by atoms with Crippen LogP contribution in [0.2, 0.25) is 0 Å². The predicted molar refractivity (Wildman–Crippen MR) is 112 cm³/mol. The second kappa shape index (κ2) is 9.76. The van der Waals surface area contributed by atoms with Gasteiger partial charge in [0, 0.05) is 5.57 Å². The van der Waals surface area contributed by atoms with E-state index in [1.807, 2.05) is 36.4 Å². The third kappa shape index (κ3) is 5.99. The minimum Gasteiger partial charge on any atom is -0.198 e. The Balaban J connectivity index is 2.19. The average Bonchev–Trinajstić information content (AvgIpc) is 2.68. The van der Waals surface area contributed by atoms with Gasteiger partial charge in [-0.2, -0.15) is 10.5 Å². The monoisotopic (exact) mass is 350 g/mol. The molecule has 2 nitrogen and oxygen atoms in total. The molecule has 0 aromatic heterocycles. The summed E-state index contributed by atoms with van der Waals surface area (Å²) in [5, 5.41) is 17.6. The number of nitrogens with zero attached hydrogens (tertiary/aromatic N) is 2. The molecule has 0 aliphatic carbocycles. The molecule has 0 saturated carbocycles. The van der Waals surface area contributed by atoms with Crippen molar-refractivity contribution in [2.75, 3.05) is 0 Å². The Hall–Kier alpha value is -3.62. The first-order valence-electron chi connectivity index (χ1n) is 8.72. The molecule has 0 spiro atoms. The topological polar surface area (TPSA) is 47.6 Å². The van der Waals surface area contributed by atoms with Crippen LogP contribution in [0.4, 0.5) is 0 Å². The third-order valence-corrected chi connectivity index (χ3v) is 4.10. The molecule has 2 heteroatoms. The normalized spacial score (nSPS) is 11.0. The average molecular weight is 350 g/mol. The molecule has 0 aliphatic heterocycles. The molecule has 0 aliphatic rings. The highest BCUT2D eigenvalue weighted by molar-refractivity contribution is 5.74. The van der Waals surface area contributed by atoms with Crippen molar-refractivity contribution < 1.29 is 0 Å². The Bertz CT molecular complexity index is 991. The summed E-state index contributed by atoms with van der Waals surface area (Å²) in [5.74, 6) is 0. The van der Waals surface area contributed by atoms with Gasteiger partial charge in [-0.25, -0.2) is 0 Å².